The smallest absolute Gasteiger partial charge is 0.305 e. The topological polar surface area (TPSA) is 95.9 Å². The summed E-state index contributed by atoms with van der Waals surface area (Å²) in [7, 11) is 0. The zero-order valence-electron chi connectivity index (χ0n) is 50.1. The molecular weight excluding hydrogens is 911 g/mol. The van der Waals surface area contributed by atoms with E-state index in [9.17, 15) is 19.8 Å². The van der Waals surface area contributed by atoms with Crippen molar-refractivity contribution in [2.24, 2.45) is 0 Å². The minimum absolute atomic E-state index is 0.00355. The van der Waals surface area contributed by atoms with Gasteiger partial charge >= 0.3 is 5.97 Å². The largest absolute Gasteiger partial charge is 0.466 e. The van der Waals surface area contributed by atoms with Gasteiger partial charge in [0.1, 0.15) is 0 Å². The first-order valence-corrected chi connectivity index (χ1v) is 33.6. The van der Waals surface area contributed by atoms with E-state index in [1.54, 1.807) is 0 Å². The number of aliphatic hydroxyl groups is 2. The summed E-state index contributed by atoms with van der Waals surface area (Å²) in [5.74, 6) is -0.0269. The summed E-state index contributed by atoms with van der Waals surface area (Å²) >= 11 is 0. The van der Waals surface area contributed by atoms with Crippen LogP contribution in [0.3, 0.4) is 0 Å². The van der Waals surface area contributed by atoms with Crippen LogP contribution in [0.25, 0.3) is 0 Å². The van der Waals surface area contributed by atoms with E-state index in [0.29, 0.717) is 25.9 Å². The first-order valence-electron chi connectivity index (χ1n) is 33.6. The zero-order chi connectivity index (χ0) is 53.6. The molecule has 0 aromatic carbocycles. The summed E-state index contributed by atoms with van der Waals surface area (Å²) < 4.78 is 5.49. The van der Waals surface area contributed by atoms with E-state index >= 15 is 0 Å². The molecular formula is C68H131NO5. The molecule has 2 atom stereocenters. The Morgan fingerprint density at radius 1 is 0.378 bits per heavy atom. The number of amides is 1. The van der Waals surface area contributed by atoms with Crippen molar-refractivity contribution in [2.45, 2.75) is 386 Å². The third-order valence-electron chi connectivity index (χ3n) is 15.8. The SMILES string of the molecule is CCCCCC/C=C\C/C=C\CCCCCCCC(=O)OCCCCCCCCCCCCCCCCCCCCCCCCCCCC(=O)NC(CO)C(O)CCCCCCCCCCCCCCCCCC. The summed E-state index contributed by atoms with van der Waals surface area (Å²) in [6, 6.07) is -0.540. The van der Waals surface area contributed by atoms with E-state index in [4.69, 9.17) is 4.74 Å². The highest BCUT2D eigenvalue weighted by Gasteiger charge is 2.20. The van der Waals surface area contributed by atoms with Crippen LogP contribution in [0.1, 0.15) is 373 Å². The number of nitrogens with one attached hydrogen (secondary N) is 1. The Morgan fingerprint density at radius 2 is 0.676 bits per heavy atom. The van der Waals surface area contributed by atoms with E-state index in [2.05, 4.69) is 43.5 Å². The first kappa shape index (κ1) is 72.3. The molecule has 0 fully saturated rings. The lowest BCUT2D eigenvalue weighted by molar-refractivity contribution is -0.143. The van der Waals surface area contributed by atoms with Gasteiger partial charge in [-0.25, -0.2) is 0 Å². The third-order valence-corrected chi connectivity index (χ3v) is 15.8. The predicted molar refractivity (Wildman–Crippen MR) is 324 cm³/mol. The van der Waals surface area contributed by atoms with Crippen LogP contribution in [0.4, 0.5) is 0 Å². The van der Waals surface area contributed by atoms with E-state index in [1.165, 1.54) is 289 Å². The Hall–Kier alpha value is -1.66. The summed E-state index contributed by atoms with van der Waals surface area (Å²) in [6.07, 6.45) is 79.2. The second-order valence-corrected chi connectivity index (χ2v) is 23.2. The number of allylic oxidation sites excluding steroid dienone is 4. The fourth-order valence-electron chi connectivity index (χ4n) is 10.6. The molecule has 0 heterocycles. The van der Waals surface area contributed by atoms with Gasteiger partial charge in [-0.05, 0) is 57.8 Å². The Morgan fingerprint density at radius 3 is 1.04 bits per heavy atom. The Bertz CT molecular complexity index is 1150. The number of unbranched alkanes of at least 4 members (excludes halogenated alkanes) is 48. The second kappa shape index (κ2) is 63.9. The molecule has 0 rings (SSSR count). The summed E-state index contributed by atoms with van der Waals surface area (Å²) in [5.41, 5.74) is 0. The van der Waals surface area contributed by atoms with Crippen molar-refractivity contribution in [3.63, 3.8) is 0 Å². The highest BCUT2D eigenvalue weighted by molar-refractivity contribution is 5.76. The number of hydrogen-bond donors (Lipinski definition) is 3. The lowest BCUT2D eigenvalue weighted by Gasteiger charge is -2.22. The van der Waals surface area contributed by atoms with Crippen LogP contribution in [-0.2, 0) is 14.3 Å². The number of carbonyl (C=O) groups is 2. The average Bonchev–Trinajstić information content (AvgIpc) is 3.40. The molecule has 1 amide bonds. The summed E-state index contributed by atoms with van der Waals surface area (Å²) in [4.78, 5) is 24.6. The molecule has 0 radical (unpaired) electrons. The maximum Gasteiger partial charge on any atom is 0.305 e. The quantitative estimate of drug-likeness (QED) is 0.0320. The minimum Gasteiger partial charge on any atom is -0.466 e. The van der Waals surface area contributed by atoms with Crippen molar-refractivity contribution in [1.29, 1.82) is 0 Å². The molecule has 438 valence electrons. The highest BCUT2D eigenvalue weighted by Crippen LogP contribution is 2.19. The molecule has 0 aliphatic carbocycles. The molecule has 0 aromatic rings. The highest BCUT2D eigenvalue weighted by atomic mass is 16.5. The van der Waals surface area contributed by atoms with Crippen molar-refractivity contribution in [3.05, 3.63) is 24.3 Å². The predicted octanol–water partition coefficient (Wildman–Crippen LogP) is 21.4. The molecule has 0 aliphatic heterocycles. The maximum atomic E-state index is 12.5. The van der Waals surface area contributed by atoms with Gasteiger partial charge in [-0.15, -0.1) is 0 Å². The summed E-state index contributed by atoms with van der Waals surface area (Å²) in [6.45, 7) is 4.96. The van der Waals surface area contributed by atoms with Gasteiger partial charge in [0.05, 0.1) is 25.4 Å². The molecule has 0 bridgehead atoms. The fraction of sp³-hybridized carbons (Fsp3) is 0.912. The fourth-order valence-corrected chi connectivity index (χ4v) is 10.6. The molecule has 74 heavy (non-hydrogen) atoms. The number of carbonyl (C=O) groups excluding carboxylic acids is 2. The van der Waals surface area contributed by atoms with Gasteiger partial charge in [0.2, 0.25) is 5.91 Å². The van der Waals surface area contributed by atoms with Crippen LogP contribution in [-0.4, -0.2) is 47.4 Å². The molecule has 6 heteroatoms. The van der Waals surface area contributed by atoms with E-state index in [0.717, 1.165) is 51.4 Å². The van der Waals surface area contributed by atoms with Crippen molar-refractivity contribution in [3.8, 4) is 0 Å². The lowest BCUT2D eigenvalue weighted by Crippen LogP contribution is -2.45. The van der Waals surface area contributed by atoms with Crippen molar-refractivity contribution in [2.75, 3.05) is 13.2 Å². The Kier molecular flexibility index (Phi) is 62.4. The van der Waals surface area contributed by atoms with Crippen molar-refractivity contribution < 1.29 is 24.5 Å². The molecule has 0 aromatic heterocycles. The average molecular weight is 1040 g/mol. The monoisotopic (exact) mass is 1040 g/mol. The van der Waals surface area contributed by atoms with Crippen molar-refractivity contribution >= 4 is 11.9 Å². The maximum absolute atomic E-state index is 12.5. The van der Waals surface area contributed by atoms with Crippen LogP contribution in [0, 0.1) is 0 Å². The van der Waals surface area contributed by atoms with Gasteiger partial charge in [-0.2, -0.15) is 0 Å². The second-order valence-electron chi connectivity index (χ2n) is 23.2. The molecule has 6 nitrogen and oxygen atoms in total. The molecule has 0 saturated carbocycles. The van der Waals surface area contributed by atoms with Gasteiger partial charge in [-0.3, -0.25) is 9.59 Å². The number of ether oxygens (including phenoxy) is 1. The van der Waals surface area contributed by atoms with E-state index in [-0.39, 0.29) is 18.5 Å². The number of aliphatic hydroxyl groups excluding tert-OH is 2. The third kappa shape index (κ3) is 59.6. The minimum atomic E-state index is -0.663. The number of esters is 1. The van der Waals surface area contributed by atoms with Gasteiger partial charge in [0.25, 0.3) is 0 Å². The van der Waals surface area contributed by atoms with Crippen LogP contribution in [0.15, 0.2) is 24.3 Å². The van der Waals surface area contributed by atoms with E-state index < -0.39 is 12.1 Å². The van der Waals surface area contributed by atoms with Crippen LogP contribution >= 0.6 is 0 Å². The van der Waals surface area contributed by atoms with Crippen LogP contribution < -0.4 is 5.32 Å². The van der Waals surface area contributed by atoms with Crippen molar-refractivity contribution in [1.82, 2.24) is 5.32 Å². The first-order chi connectivity index (χ1) is 36.5. The molecule has 0 spiro atoms. The Balaban J connectivity index is 3.36. The van der Waals surface area contributed by atoms with Crippen LogP contribution in [0.2, 0.25) is 0 Å². The van der Waals surface area contributed by atoms with Gasteiger partial charge in [-0.1, -0.05) is 327 Å². The van der Waals surface area contributed by atoms with Gasteiger partial charge in [0, 0.05) is 12.8 Å². The molecule has 0 aliphatic rings. The molecule has 0 saturated heterocycles. The number of rotatable bonds is 63. The zero-order valence-corrected chi connectivity index (χ0v) is 50.1. The standard InChI is InChI=1S/C68H131NO5/c1-3-5-7-9-11-13-15-17-19-32-36-40-44-48-52-56-60-66(71)65(64-70)69-67(72)61-57-53-49-45-41-37-33-30-28-26-24-22-21-23-25-27-29-31-35-39-43-47-51-55-59-63-74-68(73)62-58-54-50-46-42-38-34-20-18-16-14-12-10-8-6-4-2/h14,16,20,34,65-66,70-71H,3-13,15,17-19,21-33,35-64H2,1-2H3,(H,69,72)/b16-14-,34-20-. The van der Waals surface area contributed by atoms with Gasteiger partial charge in [0.15, 0.2) is 0 Å². The van der Waals surface area contributed by atoms with Gasteiger partial charge < -0.3 is 20.3 Å². The number of hydrogen-bond acceptors (Lipinski definition) is 5. The molecule has 2 unspecified atom stereocenters. The van der Waals surface area contributed by atoms with Crippen LogP contribution in [0.5, 0.6) is 0 Å². The molecule has 3 N–H and O–H groups in total. The normalized spacial score (nSPS) is 12.6. The summed E-state index contributed by atoms with van der Waals surface area (Å²) in [5, 5.41) is 23.3. The van der Waals surface area contributed by atoms with E-state index in [1.807, 2.05) is 0 Å². The Labute approximate surface area is 462 Å². The lowest BCUT2D eigenvalue weighted by atomic mass is 10.0.